The number of piperazine rings is 1. The monoisotopic (exact) mass is 669 g/mol. The first-order chi connectivity index (χ1) is 23.6. The van der Waals surface area contributed by atoms with Gasteiger partial charge in [0.05, 0.1) is 29.3 Å². The van der Waals surface area contributed by atoms with Crippen molar-refractivity contribution >= 4 is 28.6 Å². The van der Waals surface area contributed by atoms with Gasteiger partial charge in [-0.05, 0) is 95.8 Å². The van der Waals surface area contributed by atoms with Gasteiger partial charge in [0.25, 0.3) is 5.91 Å². The Morgan fingerprint density at radius 1 is 0.959 bits per heavy atom. The third kappa shape index (κ3) is 6.89. The highest BCUT2D eigenvalue weighted by Crippen LogP contribution is 2.40. The van der Waals surface area contributed by atoms with Crippen LogP contribution in [0.4, 0.5) is 16.0 Å². The lowest BCUT2D eigenvalue weighted by molar-refractivity contribution is 0.0106. The number of methoxy groups -OCH3 is 1. The largest absolute Gasteiger partial charge is 0.496 e. The standard InChI is InChI=1S/C38H48FN7O3/c1-25-23-30(34(39)35(40-25)29-7-5-6-8-33(29)49-4)36(47)42-37-41-31-24-28(9-10-32(31)46(37)27-11-15-38(2,48)16-12-27)44-17-13-26(14-18-44)45-21-19-43(3)20-22-45/h5-10,23-24,26-27,48H,11-22H2,1-4H3,(H,41,42,47)/t27-,38+. The lowest BCUT2D eigenvalue weighted by atomic mass is 9.83. The van der Waals surface area contributed by atoms with Crippen molar-refractivity contribution in [2.45, 2.75) is 70.1 Å². The summed E-state index contributed by atoms with van der Waals surface area (Å²) in [4.78, 5) is 30.8. The number of amides is 1. The molecule has 2 saturated heterocycles. The fraction of sp³-hybridized carbons (Fsp3) is 0.500. The van der Waals surface area contributed by atoms with Crippen LogP contribution in [0, 0.1) is 12.7 Å². The zero-order chi connectivity index (χ0) is 34.3. The van der Waals surface area contributed by atoms with Crippen molar-refractivity contribution in [2.24, 2.45) is 0 Å². The maximum atomic E-state index is 16.1. The molecular formula is C38H48FN7O3. The number of carbonyl (C=O) groups excluding carboxylic acids is 1. The number of nitrogens with zero attached hydrogens (tertiary/aromatic N) is 6. The summed E-state index contributed by atoms with van der Waals surface area (Å²) >= 11 is 0. The Labute approximate surface area is 287 Å². The number of anilines is 2. The number of hydrogen-bond donors (Lipinski definition) is 2. The van der Waals surface area contributed by atoms with Gasteiger partial charge in [-0.1, -0.05) is 12.1 Å². The first-order valence-electron chi connectivity index (χ1n) is 17.6. The van der Waals surface area contributed by atoms with Crippen LogP contribution in [-0.2, 0) is 0 Å². The van der Waals surface area contributed by atoms with Gasteiger partial charge in [-0.15, -0.1) is 0 Å². The number of hydrogen-bond acceptors (Lipinski definition) is 8. The second kappa shape index (κ2) is 13.7. The number of para-hydroxylation sites is 1. The number of piperidine rings is 1. The molecule has 10 nitrogen and oxygen atoms in total. The van der Waals surface area contributed by atoms with Gasteiger partial charge >= 0.3 is 0 Å². The lowest BCUT2D eigenvalue weighted by Crippen LogP contribution is -2.52. The molecule has 2 aromatic carbocycles. The highest BCUT2D eigenvalue weighted by Gasteiger charge is 2.33. The van der Waals surface area contributed by atoms with E-state index < -0.39 is 17.3 Å². The van der Waals surface area contributed by atoms with E-state index in [-0.39, 0.29) is 17.3 Å². The van der Waals surface area contributed by atoms with Crippen LogP contribution in [0.2, 0.25) is 0 Å². The van der Waals surface area contributed by atoms with E-state index in [1.165, 1.54) is 13.2 Å². The van der Waals surface area contributed by atoms with E-state index >= 15 is 4.39 Å². The molecule has 0 atom stereocenters. The van der Waals surface area contributed by atoms with E-state index in [4.69, 9.17) is 9.72 Å². The highest BCUT2D eigenvalue weighted by molar-refractivity contribution is 6.05. The number of aryl methyl sites for hydroxylation is 1. The zero-order valence-corrected chi connectivity index (χ0v) is 29.1. The van der Waals surface area contributed by atoms with Crippen molar-refractivity contribution in [3.8, 4) is 17.0 Å². The van der Waals surface area contributed by atoms with Crippen LogP contribution in [-0.4, -0.2) is 100 Å². The molecule has 1 aliphatic carbocycles. The summed E-state index contributed by atoms with van der Waals surface area (Å²) in [5.74, 6) is -0.457. The van der Waals surface area contributed by atoms with E-state index in [9.17, 15) is 9.90 Å². The number of halogens is 1. The van der Waals surface area contributed by atoms with Crippen LogP contribution in [0.25, 0.3) is 22.3 Å². The second-order valence-electron chi connectivity index (χ2n) is 14.4. The molecule has 260 valence electrons. The number of ether oxygens (including phenoxy) is 1. The minimum Gasteiger partial charge on any atom is -0.496 e. The summed E-state index contributed by atoms with van der Waals surface area (Å²) in [6, 6.07) is 15.6. The Bertz CT molecular complexity index is 1820. The van der Waals surface area contributed by atoms with Gasteiger partial charge in [0.15, 0.2) is 5.82 Å². The highest BCUT2D eigenvalue weighted by atomic mass is 19.1. The first kappa shape index (κ1) is 33.4. The summed E-state index contributed by atoms with van der Waals surface area (Å²) in [6.45, 7) is 10.1. The average molecular weight is 670 g/mol. The van der Waals surface area contributed by atoms with Gasteiger partial charge in [0.2, 0.25) is 5.95 Å². The summed E-state index contributed by atoms with van der Waals surface area (Å²) in [5.41, 5.74) is 3.04. The van der Waals surface area contributed by atoms with Crippen LogP contribution in [0.15, 0.2) is 48.5 Å². The number of rotatable bonds is 7. The topological polar surface area (TPSA) is 99.0 Å². The van der Waals surface area contributed by atoms with Crippen LogP contribution in [0.5, 0.6) is 5.75 Å². The number of nitrogens with one attached hydrogen (secondary N) is 1. The smallest absolute Gasteiger partial charge is 0.261 e. The van der Waals surface area contributed by atoms with Gasteiger partial charge in [-0.3, -0.25) is 15.0 Å². The molecule has 1 amide bonds. The minimum absolute atomic E-state index is 0.0267. The normalized spacial score (nSPS) is 22.8. The number of imidazole rings is 1. The molecule has 1 saturated carbocycles. The molecule has 11 heteroatoms. The van der Waals surface area contributed by atoms with E-state index in [1.807, 2.05) is 6.92 Å². The SMILES string of the molecule is COc1ccccc1-c1nc(C)cc(C(=O)Nc2nc3cc(N4CCC(N5CCN(C)CC5)CC4)ccc3n2[C@H]2CC[C@@](C)(O)CC2)c1F. The molecule has 2 aliphatic heterocycles. The van der Waals surface area contributed by atoms with Gasteiger partial charge in [-0.2, -0.15) is 0 Å². The van der Waals surface area contributed by atoms with Crippen molar-refractivity contribution in [1.82, 2.24) is 24.3 Å². The maximum absolute atomic E-state index is 16.1. The molecular weight excluding hydrogens is 621 g/mol. The van der Waals surface area contributed by atoms with Crippen LogP contribution in [0.1, 0.15) is 67.5 Å². The quantitative estimate of drug-likeness (QED) is 0.252. The fourth-order valence-electron chi connectivity index (χ4n) is 7.91. The molecule has 0 spiro atoms. The summed E-state index contributed by atoms with van der Waals surface area (Å²) in [7, 11) is 3.72. The molecule has 49 heavy (non-hydrogen) atoms. The van der Waals surface area contributed by atoms with Crippen LogP contribution in [0.3, 0.4) is 0 Å². The Hall–Kier alpha value is -4.06. The Morgan fingerprint density at radius 2 is 1.67 bits per heavy atom. The average Bonchev–Trinajstić information content (AvgIpc) is 3.46. The maximum Gasteiger partial charge on any atom is 0.261 e. The van der Waals surface area contributed by atoms with Crippen molar-refractivity contribution in [1.29, 1.82) is 0 Å². The number of pyridine rings is 1. The zero-order valence-electron chi connectivity index (χ0n) is 29.1. The second-order valence-corrected chi connectivity index (χ2v) is 14.4. The molecule has 3 aliphatic rings. The van der Waals surface area contributed by atoms with E-state index in [2.05, 4.69) is 54.8 Å². The number of carbonyl (C=O) groups is 1. The summed E-state index contributed by atoms with van der Waals surface area (Å²) < 4.78 is 23.7. The lowest BCUT2D eigenvalue weighted by Gasteiger charge is -2.42. The molecule has 2 N–H and O–H groups in total. The van der Waals surface area contributed by atoms with Gasteiger partial charge < -0.3 is 24.2 Å². The Balaban J connectivity index is 1.18. The molecule has 2 aromatic heterocycles. The van der Waals surface area contributed by atoms with Crippen molar-refractivity contribution < 1.29 is 19.0 Å². The van der Waals surface area contributed by atoms with Crippen LogP contribution >= 0.6 is 0 Å². The first-order valence-corrected chi connectivity index (χ1v) is 17.6. The summed E-state index contributed by atoms with van der Waals surface area (Å²) in [5, 5.41) is 13.7. The number of aliphatic hydroxyl groups is 1. The predicted molar refractivity (Wildman–Crippen MR) is 191 cm³/mol. The van der Waals surface area contributed by atoms with Gasteiger partial charge in [0.1, 0.15) is 11.4 Å². The predicted octanol–water partition coefficient (Wildman–Crippen LogP) is 5.89. The molecule has 3 fully saturated rings. The molecule has 0 radical (unpaired) electrons. The van der Waals surface area contributed by atoms with Crippen molar-refractivity contribution in [2.75, 3.05) is 63.6 Å². The van der Waals surface area contributed by atoms with E-state index in [0.29, 0.717) is 41.8 Å². The molecule has 0 bridgehead atoms. The number of aromatic nitrogens is 3. The molecule has 0 unspecified atom stereocenters. The van der Waals surface area contributed by atoms with Gasteiger partial charge in [-0.25, -0.2) is 14.4 Å². The van der Waals surface area contributed by atoms with Crippen LogP contribution < -0.4 is 15.0 Å². The third-order valence-corrected chi connectivity index (χ3v) is 10.9. The molecule has 4 aromatic rings. The minimum atomic E-state index is -0.716. The Morgan fingerprint density at radius 3 is 2.39 bits per heavy atom. The third-order valence-electron chi connectivity index (χ3n) is 10.9. The molecule has 4 heterocycles. The fourth-order valence-corrected chi connectivity index (χ4v) is 7.91. The van der Waals surface area contributed by atoms with Crippen molar-refractivity contribution in [3.05, 3.63) is 65.6 Å². The van der Waals surface area contributed by atoms with E-state index in [0.717, 1.165) is 81.7 Å². The van der Waals surface area contributed by atoms with E-state index in [1.54, 1.807) is 31.2 Å². The number of fused-ring (bicyclic) bond motifs is 1. The van der Waals surface area contributed by atoms with Gasteiger partial charge in [0, 0.05) is 68.3 Å². The number of benzene rings is 2. The Kier molecular flexibility index (Phi) is 9.34. The number of likely N-dealkylation sites (N-methyl/N-ethyl adjacent to an activating group) is 1. The molecule has 7 rings (SSSR count). The van der Waals surface area contributed by atoms with Crippen molar-refractivity contribution in [3.63, 3.8) is 0 Å². The summed E-state index contributed by atoms with van der Waals surface area (Å²) in [6.07, 6.45) is 5.03.